The van der Waals surface area contributed by atoms with E-state index in [4.69, 9.17) is 10.5 Å². The van der Waals surface area contributed by atoms with E-state index in [1.54, 1.807) is 0 Å². The van der Waals surface area contributed by atoms with Crippen molar-refractivity contribution >= 4 is 5.91 Å². The Morgan fingerprint density at radius 2 is 2.20 bits per heavy atom. The number of fused-ring (bicyclic) bond motifs is 2. The molecule has 2 bridgehead atoms. The highest BCUT2D eigenvalue weighted by molar-refractivity contribution is 5.82. The molecule has 15 heavy (non-hydrogen) atoms. The van der Waals surface area contributed by atoms with E-state index in [2.05, 4.69) is 5.32 Å². The van der Waals surface area contributed by atoms with Crippen LogP contribution in [0.4, 0.5) is 0 Å². The summed E-state index contributed by atoms with van der Waals surface area (Å²) in [4.78, 5) is 11.7. The topological polar surface area (TPSA) is 64.4 Å². The molecule has 0 aromatic carbocycles. The van der Waals surface area contributed by atoms with Gasteiger partial charge in [-0.1, -0.05) is 13.8 Å². The molecule has 4 atom stereocenters. The quantitative estimate of drug-likeness (QED) is 0.712. The van der Waals surface area contributed by atoms with Crippen LogP contribution in [0.15, 0.2) is 0 Å². The summed E-state index contributed by atoms with van der Waals surface area (Å²) >= 11 is 0. The number of carbonyl (C=O) groups excluding carboxylic acids is 1. The zero-order valence-electron chi connectivity index (χ0n) is 9.40. The molecule has 0 spiro atoms. The zero-order chi connectivity index (χ0) is 11.0. The van der Waals surface area contributed by atoms with E-state index in [0.29, 0.717) is 6.10 Å². The van der Waals surface area contributed by atoms with Crippen molar-refractivity contribution in [1.29, 1.82) is 0 Å². The Balaban J connectivity index is 1.85. The van der Waals surface area contributed by atoms with E-state index < -0.39 is 6.04 Å². The molecule has 0 radical (unpaired) electrons. The second kappa shape index (κ2) is 4.10. The van der Waals surface area contributed by atoms with Gasteiger partial charge in [0, 0.05) is 0 Å². The third-order valence-electron chi connectivity index (χ3n) is 3.45. The SMILES string of the molecule is CC(C)[C@@H](N)C(=O)N[C@@H]1C[C@H]2CC[C@@H]1O2. The number of ether oxygens (including phenoxy) is 1. The molecule has 0 aromatic heterocycles. The number of hydrogen-bond acceptors (Lipinski definition) is 3. The molecule has 2 heterocycles. The Hall–Kier alpha value is -0.610. The van der Waals surface area contributed by atoms with Gasteiger partial charge in [-0.3, -0.25) is 4.79 Å². The van der Waals surface area contributed by atoms with Gasteiger partial charge in [0.1, 0.15) is 0 Å². The minimum absolute atomic E-state index is 0.0360. The second-order valence-corrected chi connectivity index (χ2v) is 4.99. The molecule has 0 unspecified atom stereocenters. The fraction of sp³-hybridized carbons (Fsp3) is 0.909. The van der Waals surface area contributed by atoms with Gasteiger partial charge in [0.15, 0.2) is 0 Å². The highest BCUT2D eigenvalue weighted by atomic mass is 16.5. The van der Waals surface area contributed by atoms with Crippen molar-refractivity contribution in [3.63, 3.8) is 0 Å². The van der Waals surface area contributed by atoms with E-state index in [1.165, 1.54) is 0 Å². The molecular weight excluding hydrogens is 192 g/mol. The molecule has 4 nitrogen and oxygen atoms in total. The number of nitrogens with two attached hydrogens (primary N) is 1. The van der Waals surface area contributed by atoms with Gasteiger partial charge in [-0.2, -0.15) is 0 Å². The molecule has 86 valence electrons. The lowest BCUT2D eigenvalue weighted by Gasteiger charge is -2.23. The number of carbonyl (C=O) groups is 1. The number of amides is 1. The first-order valence-electron chi connectivity index (χ1n) is 5.79. The van der Waals surface area contributed by atoms with E-state index in [9.17, 15) is 4.79 Å². The van der Waals surface area contributed by atoms with Crippen LogP contribution in [0.2, 0.25) is 0 Å². The Morgan fingerprint density at radius 1 is 1.47 bits per heavy atom. The van der Waals surface area contributed by atoms with Crippen molar-refractivity contribution in [3.8, 4) is 0 Å². The number of nitrogens with one attached hydrogen (secondary N) is 1. The van der Waals surface area contributed by atoms with Crippen LogP contribution in [0.5, 0.6) is 0 Å². The van der Waals surface area contributed by atoms with Crippen LogP contribution in [-0.2, 0) is 9.53 Å². The molecular formula is C11H20N2O2. The van der Waals surface area contributed by atoms with Crippen molar-refractivity contribution in [2.45, 2.75) is 57.4 Å². The minimum atomic E-state index is -0.399. The maximum absolute atomic E-state index is 11.7. The first kappa shape index (κ1) is 10.9. The summed E-state index contributed by atoms with van der Waals surface area (Å²) in [5.74, 6) is 0.149. The average Bonchev–Trinajstić information content (AvgIpc) is 2.77. The largest absolute Gasteiger partial charge is 0.373 e. The van der Waals surface area contributed by atoms with Gasteiger partial charge in [0.05, 0.1) is 24.3 Å². The Morgan fingerprint density at radius 3 is 2.67 bits per heavy atom. The van der Waals surface area contributed by atoms with Crippen molar-refractivity contribution in [2.75, 3.05) is 0 Å². The first-order valence-corrected chi connectivity index (χ1v) is 5.79. The molecule has 3 N–H and O–H groups in total. The Labute approximate surface area is 90.5 Å². The first-order chi connectivity index (χ1) is 7.08. The molecule has 2 rings (SSSR count). The summed E-state index contributed by atoms with van der Waals surface area (Å²) in [6.07, 6.45) is 3.79. The number of rotatable bonds is 3. The lowest BCUT2D eigenvalue weighted by atomic mass is 9.94. The minimum Gasteiger partial charge on any atom is -0.373 e. The summed E-state index contributed by atoms with van der Waals surface area (Å²) < 4.78 is 5.67. The van der Waals surface area contributed by atoms with Crippen LogP contribution in [-0.4, -0.2) is 30.2 Å². The summed E-state index contributed by atoms with van der Waals surface area (Å²) in [6, 6.07) is -0.204. The lowest BCUT2D eigenvalue weighted by molar-refractivity contribution is -0.124. The highest BCUT2D eigenvalue weighted by Crippen LogP contribution is 2.34. The molecule has 2 aliphatic rings. The smallest absolute Gasteiger partial charge is 0.237 e. The van der Waals surface area contributed by atoms with Crippen LogP contribution >= 0.6 is 0 Å². The van der Waals surface area contributed by atoms with Crippen LogP contribution in [0.3, 0.4) is 0 Å². The molecule has 1 amide bonds. The summed E-state index contributed by atoms with van der Waals surface area (Å²) in [5.41, 5.74) is 5.78. The van der Waals surface area contributed by atoms with Gasteiger partial charge in [0.2, 0.25) is 5.91 Å². The van der Waals surface area contributed by atoms with E-state index in [0.717, 1.165) is 19.3 Å². The van der Waals surface area contributed by atoms with Crippen molar-refractivity contribution in [3.05, 3.63) is 0 Å². The fourth-order valence-electron chi connectivity index (χ4n) is 2.37. The van der Waals surface area contributed by atoms with Gasteiger partial charge < -0.3 is 15.8 Å². The van der Waals surface area contributed by atoms with E-state index >= 15 is 0 Å². The molecule has 0 aliphatic carbocycles. The number of hydrogen-bond donors (Lipinski definition) is 2. The molecule has 0 aromatic rings. The molecule has 2 fully saturated rings. The summed E-state index contributed by atoms with van der Waals surface area (Å²) in [6.45, 7) is 3.92. The zero-order valence-corrected chi connectivity index (χ0v) is 9.40. The third kappa shape index (κ3) is 2.16. The van der Waals surface area contributed by atoms with Crippen LogP contribution < -0.4 is 11.1 Å². The Bertz CT molecular complexity index is 255. The molecule has 2 aliphatic heterocycles. The van der Waals surface area contributed by atoms with E-state index in [-0.39, 0.29) is 24.0 Å². The van der Waals surface area contributed by atoms with Gasteiger partial charge in [-0.25, -0.2) is 0 Å². The van der Waals surface area contributed by atoms with Gasteiger partial charge in [-0.15, -0.1) is 0 Å². The summed E-state index contributed by atoms with van der Waals surface area (Å²) in [5, 5.41) is 3.00. The third-order valence-corrected chi connectivity index (χ3v) is 3.45. The average molecular weight is 212 g/mol. The van der Waals surface area contributed by atoms with Crippen LogP contribution in [0.25, 0.3) is 0 Å². The van der Waals surface area contributed by atoms with Gasteiger partial charge in [-0.05, 0) is 25.2 Å². The maximum atomic E-state index is 11.7. The lowest BCUT2D eigenvalue weighted by Crippen LogP contribution is -2.50. The normalized spacial score (nSPS) is 35.9. The standard InChI is InChI=1S/C11H20N2O2/c1-6(2)10(12)11(14)13-8-5-7-3-4-9(8)15-7/h6-10H,3-5,12H2,1-2H3,(H,13,14)/t7-,8-,9+,10-/m1/s1. The monoisotopic (exact) mass is 212 g/mol. The predicted octanol–water partition coefficient (Wildman–Crippen LogP) is 0.406. The molecule has 0 saturated carbocycles. The van der Waals surface area contributed by atoms with Crippen molar-refractivity contribution < 1.29 is 9.53 Å². The van der Waals surface area contributed by atoms with Gasteiger partial charge >= 0.3 is 0 Å². The molecule has 2 saturated heterocycles. The second-order valence-electron chi connectivity index (χ2n) is 4.99. The Kier molecular flexibility index (Phi) is 2.98. The summed E-state index contributed by atoms with van der Waals surface area (Å²) in [7, 11) is 0. The highest BCUT2D eigenvalue weighted by Gasteiger charge is 2.41. The van der Waals surface area contributed by atoms with Crippen molar-refractivity contribution in [1.82, 2.24) is 5.32 Å². The molecule has 4 heteroatoms. The van der Waals surface area contributed by atoms with Crippen molar-refractivity contribution in [2.24, 2.45) is 11.7 Å². The fourth-order valence-corrected chi connectivity index (χ4v) is 2.37. The van der Waals surface area contributed by atoms with Crippen LogP contribution in [0, 0.1) is 5.92 Å². The van der Waals surface area contributed by atoms with Crippen LogP contribution in [0.1, 0.15) is 33.1 Å². The maximum Gasteiger partial charge on any atom is 0.237 e. The van der Waals surface area contributed by atoms with E-state index in [1.807, 2.05) is 13.8 Å². The van der Waals surface area contributed by atoms with Gasteiger partial charge in [0.25, 0.3) is 0 Å². The predicted molar refractivity (Wildman–Crippen MR) is 57.3 cm³/mol.